The first-order valence-corrected chi connectivity index (χ1v) is 17.4. The minimum atomic E-state index is -1.13. The highest BCUT2D eigenvalue weighted by Crippen LogP contribution is 2.40. The number of aryl methyl sites for hydroxylation is 2. The summed E-state index contributed by atoms with van der Waals surface area (Å²) in [6.07, 6.45) is 7.94. The summed E-state index contributed by atoms with van der Waals surface area (Å²) in [7, 11) is 3.45. The minimum absolute atomic E-state index is 0.0411. The summed E-state index contributed by atoms with van der Waals surface area (Å²) in [5, 5.41) is 12.0. The van der Waals surface area contributed by atoms with E-state index < -0.39 is 5.60 Å². The van der Waals surface area contributed by atoms with E-state index in [-0.39, 0.29) is 35.8 Å². The van der Waals surface area contributed by atoms with Crippen LogP contribution >= 0.6 is 11.3 Å². The average Bonchev–Trinajstić information content (AvgIpc) is 3.71. The number of piperidine rings is 2. The van der Waals surface area contributed by atoms with Crippen molar-refractivity contribution in [1.29, 1.82) is 0 Å². The van der Waals surface area contributed by atoms with E-state index in [0.29, 0.717) is 67.1 Å². The predicted octanol–water partition coefficient (Wildman–Crippen LogP) is 4.48. The fourth-order valence-corrected chi connectivity index (χ4v) is 8.53. The highest BCUT2D eigenvalue weighted by molar-refractivity contribution is 7.17. The normalized spacial score (nSPS) is 19.3. The van der Waals surface area contributed by atoms with Crippen molar-refractivity contribution in [2.24, 2.45) is 13.0 Å². The van der Waals surface area contributed by atoms with Crippen LogP contribution in [0.3, 0.4) is 0 Å². The zero-order valence-electron chi connectivity index (χ0n) is 27.9. The molecule has 2 saturated heterocycles. The number of ether oxygens (including phenoxy) is 1. The molecule has 1 N–H and O–H groups in total. The number of carbonyl (C=O) groups is 2. The van der Waals surface area contributed by atoms with E-state index in [0.717, 1.165) is 21.6 Å². The Morgan fingerprint density at radius 2 is 1.86 bits per heavy atom. The Hall–Kier alpha value is -4.81. The zero-order valence-corrected chi connectivity index (χ0v) is 28.7. The number of rotatable bonds is 7. The molecule has 0 radical (unpaired) electrons. The zero-order chi connectivity index (χ0) is 34.3. The molecular formula is C37H40N6O5S. The van der Waals surface area contributed by atoms with Gasteiger partial charge in [0, 0.05) is 67.9 Å². The molecule has 12 heteroatoms. The molecule has 2 aliphatic rings. The molecule has 0 aliphatic carbocycles. The predicted molar refractivity (Wildman–Crippen MR) is 188 cm³/mol. The van der Waals surface area contributed by atoms with Gasteiger partial charge in [-0.05, 0) is 55.5 Å². The molecule has 7 rings (SSSR count). The van der Waals surface area contributed by atoms with E-state index in [1.54, 1.807) is 36.3 Å². The van der Waals surface area contributed by atoms with E-state index in [2.05, 4.69) is 9.97 Å². The maximum atomic E-state index is 14.2. The molecule has 254 valence electrons. The molecule has 2 amide bonds. The maximum Gasteiger partial charge on any atom is 0.263 e. The van der Waals surface area contributed by atoms with E-state index in [1.807, 2.05) is 66.2 Å². The quantitative estimate of drug-likeness (QED) is 0.269. The third kappa shape index (κ3) is 6.26. The van der Waals surface area contributed by atoms with Crippen molar-refractivity contribution < 1.29 is 19.4 Å². The molecule has 1 aromatic carbocycles. The van der Waals surface area contributed by atoms with Crippen LogP contribution in [0.2, 0.25) is 0 Å². The van der Waals surface area contributed by atoms with Crippen molar-refractivity contribution in [3.05, 3.63) is 99.8 Å². The Kier molecular flexibility index (Phi) is 8.84. The van der Waals surface area contributed by atoms with E-state index in [9.17, 15) is 19.5 Å². The minimum Gasteiger partial charge on any atom is -0.494 e. The third-order valence-corrected chi connectivity index (χ3v) is 11.4. The molecule has 49 heavy (non-hydrogen) atoms. The smallest absolute Gasteiger partial charge is 0.263 e. The van der Waals surface area contributed by atoms with Crippen LogP contribution in [0.4, 0.5) is 0 Å². The molecule has 4 aromatic heterocycles. The highest BCUT2D eigenvalue weighted by atomic mass is 32.1. The molecule has 11 nitrogen and oxygen atoms in total. The summed E-state index contributed by atoms with van der Waals surface area (Å²) in [4.78, 5) is 55.2. The van der Waals surface area contributed by atoms with Gasteiger partial charge in [-0.1, -0.05) is 30.3 Å². The summed E-state index contributed by atoms with van der Waals surface area (Å²) >= 11 is 1.45. The first-order valence-electron chi connectivity index (χ1n) is 16.6. The third-order valence-electron chi connectivity index (χ3n) is 10.1. The lowest BCUT2D eigenvalue weighted by Crippen LogP contribution is -2.53. The summed E-state index contributed by atoms with van der Waals surface area (Å²) in [5.41, 5.74) is 2.22. The van der Waals surface area contributed by atoms with Crippen LogP contribution in [-0.2, 0) is 18.4 Å². The number of aromatic nitrogens is 4. The fraction of sp³-hybridized carbons (Fsp3) is 0.378. The van der Waals surface area contributed by atoms with Crippen molar-refractivity contribution in [3.63, 3.8) is 0 Å². The topological polar surface area (TPSA) is 123 Å². The number of likely N-dealkylation sites (tertiary alicyclic amines) is 2. The first kappa shape index (κ1) is 32.7. The highest BCUT2D eigenvalue weighted by Gasteiger charge is 2.42. The molecule has 0 saturated carbocycles. The Labute approximate surface area is 288 Å². The number of hydrogen-bond acceptors (Lipinski definition) is 8. The summed E-state index contributed by atoms with van der Waals surface area (Å²) in [6, 6.07) is 15.5. The van der Waals surface area contributed by atoms with Crippen LogP contribution in [0.15, 0.2) is 78.2 Å². The molecule has 0 spiro atoms. The van der Waals surface area contributed by atoms with Crippen LogP contribution in [-0.4, -0.2) is 84.7 Å². The summed E-state index contributed by atoms with van der Waals surface area (Å²) in [5.74, 6) is 0.194. The van der Waals surface area contributed by atoms with Crippen LogP contribution in [0.25, 0.3) is 21.5 Å². The lowest BCUT2D eigenvalue weighted by atomic mass is 9.79. The molecule has 6 heterocycles. The fourth-order valence-electron chi connectivity index (χ4n) is 7.36. The van der Waals surface area contributed by atoms with Crippen LogP contribution < -0.4 is 10.3 Å². The molecule has 0 bridgehead atoms. The van der Waals surface area contributed by atoms with Gasteiger partial charge in [0.2, 0.25) is 5.91 Å². The summed E-state index contributed by atoms with van der Waals surface area (Å²) < 4.78 is 8.80. The Morgan fingerprint density at radius 3 is 2.61 bits per heavy atom. The number of nitrogens with zero attached hydrogens (tertiary/aromatic N) is 6. The van der Waals surface area contributed by atoms with Gasteiger partial charge in [-0.2, -0.15) is 0 Å². The van der Waals surface area contributed by atoms with Gasteiger partial charge >= 0.3 is 0 Å². The maximum absolute atomic E-state index is 14.2. The van der Waals surface area contributed by atoms with E-state index >= 15 is 0 Å². The number of pyridine rings is 1. The van der Waals surface area contributed by atoms with Gasteiger partial charge < -0.3 is 24.2 Å². The molecule has 0 unspecified atom stereocenters. The van der Waals surface area contributed by atoms with Gasteiger partial charge in [-0.3, -0.25) is 23.9 Å². The van der Waals surface area contributed by atoms with Crippen LogP contribution in [0.1, 0.15) is 46.0 Å². The van der Waals surface area contributed by atoms with E-state index in [4.69, 9.17) is 4.74 Å². The first-order chi connectivity index (χ1) is 23.7. The second-order valence-corrected chi connectivity index (χ2v) is 14.3. The van der Waals surface area contributed by atoms with Gasteiger partial charge in [-0.15, -0.1) is 11.3 Å². The van der Waals surface area contributed by atoms with Crippen molar-refractivity contribution >= 4 is 34.2 Å². The monoisotopic (exact) mass is 680 g/mol. The van der Waals surface area contributed by atoms with Crippen molar-refractivity contribution in [2.75, 3.05) is 33.3 Å². The molecule has 5 aromatic rings. The number of benzene rings is 1. The second-order valence-electron chi connectivity index (χ2n) is 13.3. The van der Waals surface area contributed by atoms with Gasteiger partial charge in [0.15, 0.2) is 0 Å². The molecule has 2 fully saturated rings. The van der Waals surface area contributed by atoms with Gasteiger partial charge in [-0.25, -0.2) is 4.98 Å². The Bertz CT molecular complexity index is 2060. The number of thiophene rings is 1. The Morgan fingerprint density at radius 1 is 1.08 bits per heavy atom. The lowest BCUT2D eigenvalue weighted by molar-refractivity contribution is -0.142. The van der Waals surface area contributed by atoms with Crippen LogP contribution in [0.5, 0.6) is 5.75 Å². The van der Waals surface area contributed by atoms with Crippen molar-refractivity contribution in [2.45, 2.75) is 44.2 Å². The van der Waals surface area contributed by atoms with E-state index in [1.165, 1.54) is 22.2 Å². The molecule has 2 aliphatic heterocycles. The number of aliphatic hydroxyl groups is 1. The molecular weight excluding hydrogens is 641 g/mol. The van der Waals surface area contributed by atoms with Gasteiger partial charge in [0.05, 0.1) is 35.7 Å². The molecule has 2 atom stereocenters. The Balaban J connectivity index is 1.06. The lowest BCUT2D eigenvalue weighted by Gasteiger charge is -2.43. The van der Waals surface area contributed by atoms with Crippen molar-refractivity contribution in [3.8, 4) is 16.2 Å². The number of methoxy groups -OCH3 is 1. The number of amides is 2. The summed E-state index contributed by atoms with van der Waals surface area (Å²) in [6.45, 7) is 3.80. The SMILES string of the molecule is COc1cnccc1-c1sc(C(=O)N2CC[C@@H](C(=O)N3CCC(O)(Cn4cnc5c(ccn5C)c4=O)CC3)[C@H](c3ccccc3)C2)cc1C. The standard InChI is InChI=1S/C37H40N6O5S/c1-24-19-31(49-32(24)27-9-14-38-20-30(27)48-3)36(46)42-16-11-26(29(21-42)25-7-5-4-6-8-25)34(44)41-17-12-37(47,13-18-41)22-43-23-39-33-28(35(43)45)10-15-40(33)2/h4-10,14-15,19-20,23,26,29,47H,11-13,16-18,21-22H2,1-3H3/t26-,29+/m1/s1. The van der Waals surface area contributed by atoms with Gasteiger partial charge in [0.25, 0.3) is 11.5 Å². The second kappa shape index (κ2) is 13.2. The number of hydrogen-bond donors (Lipinski definition) is 1. The number of fused-ring (bicyclic) bond motifs is 1. The van der Waals surface area contributed by atoms with Crippen LogP contribution in [0, 0.1) is 12.8 Å². The number of carbonyl (C=O) groups excluding carboxylic acids is 2. The van der Waals surface area contributed by atoms with Crippen molar-refractivity contribution in [1.82, 2.24) is 28.9 Å². The average molecular weight is 681 g/mol. The van der Waals surface area contributed by atoms with Gasteiger partial charge in [0.1, 0.15) is 17.7 Å². The largest absolute Gasteiger partial charge is 0.494 e.